The van der Waals surface area contributed by atoms with Crippen LogP contribution in [0.25, 0.3) is 0 Å². The van der Waals surface area contributed by atoms with E-state index in [0.29, 0.717) is 24.9 Å². The van der Waals surface area contributed by atoms with Gasteiger partial charge < -0.3 is 24.9 Å². The molecule has 3 heterocycles. The lowest BCUT2D eigenvalue weighted by Crippen LogP contribution is -2.53. The number of carbonyl (C=O) groups is 4. The number of Topliss-reactive ketones (excluding diaryl/α,β-unsaturated/α-hetero) is 1. The Hall–Kier alpha value is -2.94. The van der Waals surface area contributed by atoms with Crippen molar-refractivity contribution in [3.63, 3.8) is 0 Å². The van der Waals surface area contributed by atoms with Gasteiger partial charge >= 0.3 is 0 Å². The van der Waals surface area contributed by atoms with Crippen LogP contribution >= 0.6 is 0 Å². The Kier molecular flexibility index (Phi) is 8.78. The molecule has 4 fully saturated rings. The Morgan fingerprint density at radius 1 is 0.900 bits per heavy atom. The number of hydrogen-bond acceptors (Lipinski definition) is 6. The fraction of sp³-hybridized carbons (Fsp3) is 0.677. The van der Waals surface area contributed by atoms with Gasteiger partial charge in [0.25, 0.3) is 5.91 Å². The van der Waals surface area contributed by atoms with Crippen LogP contribution in [-0.4, -0.2) is 103 Å². The van der Waals surface area contributed by atoms with E-state index in [0.717, 1.165) is 57.5 Å². The molecule has 40 heavy (non-hydrogen) atoms. The molecule has 5 rings (SSSR count). The van der Waals surface area contributed by atoms with Gasteiger partial charge in [-0.3, -0.25) is 19.2 Å². The first-order valence-corrected chi connectivity index (χ1v) is 15.2. The van der Waals surface area contributed by atoms with Gasteiger partial charge in [-0.2, -0.15) is 0 Å². The monoisotopic (exact) mass is 551 g/mol. The van der Waals surface area contributed by atoms with E-state index in [2.05, 4.69) is 22.2 Å². The number of carbonyl (C=O) groups excluding carboxylic acids is 4. The molecule has 1 aliphatic carbocycles. The summed E-state index contributed by atoms with van der Waals surface area (Å²) < 4.78 is 0. The number of nitrogens with zero attached hydrogens (tertiary/aromatic N) is 4. The van der Waals surface area contributed by atoms with Gasteiger partial charge in [-0.05, 0) is 62.9 Å². The average molecular weight is 552 g/mol. The molecule has 3 saturated heterocycles. The van der Waals surface area contributed by atoms with Crippen molar-refractivity contribution in [3.05, 3.63) is 29.8 Å². The number of rotatable bonds is 7. The second-order valence-electron chi connectivity index (χ2n) is 12.6. The van der Waals surface area contributed by atoms with E-state index >= 15 is 0 Å². The average Bonchev–Trinajstić information content (AvgIpc) is 3.54. The smallest absolute Gasteiger partial charge is 0.251 e. The SMILES string of the molecule is CC(C)CC(NC(=O)c1ccc(N2CCN(C)CC2)cc1)C(=O)N1CCC2C1C(=O)CN2C(=O)C1CCCCC1. The highest BCUT2D eigenvalue weighted by Gasteiger charge is 2.52. The quantitative estimate of drug-likeness (QED) is 0.560. The highest BCUT2D eigenvalue weighted by Crippen LogP contribution is 2.34. The normalized spacial score (nSPS) is 24.9. The lowest BCUT2D eigenvalue weighted by atomic mass is 9.88. The number of ketones is 1. The van der Waals surface area contributed by atoms with E-state index in [-0.39, 0.29) is 47.9 Å². The predicted molar refractivity (Wildman–Crippen MR) is 154 cm³/mol. The third-order valence-electron chi connectivity index (χ3n) is 9.25. The molecule has 9 nitrogen and oxygen atoms in total. The lowest BCUT2D eigenvalue weighted by molar-refractivity contribution is -0.138. The van der Waals surface area contributed by atoms with Gasteiger partial charge in [0.15, 0.2) is 5.78 Å². The summed E-state index contributed by atoms with van der Waals surface area (Å²) in [7, 11) is 2.12. The number of fused-ring (bicyclic) bond motifs is 1. The van der Waals surface area contributed by atoms with Crippen molar-refractivity contribution in [3.8, 4) is 0 Å². The second kappa shape index (κ2) is 12.3. The Labute approximate surface area is 238 Å². The van der Waals surface area contributed by atoms with Crippen molar-refractivity contribution in [1.29, 1.82) is 0 Å². The molecule has 3 atom stereocenters. The van der Waals surface area contributed by atoms with Crippen LogP contribution in [0.4, 0.5) is 5.69 Å². The van der Waals surface area contributed by atoms with Crippen molar-refractivity contribution in [1.82, 2.24) is 20.0 Å². The van der Waals surface area contributed by atoms with E-state index in [9.17, 15) is 19.2 Å². The van der Waals surface area contributed by atoms with Crippen molar-refractivity contribution >= 4 is 29.2 Å². The zero-order chi connectivity index (χ0) is 28.4. The van der Waals surface area contributed by atoms with Crippen molar-refractivity contribution < 1.29 is 19.2 Å². The van der Waals surface area contributed by atoms with E-state index < -0.39 is 12.1 Å². The number of likely N-dealkylation sites (tertiary alicyclic amines) is 2. The maximum Gasteiger partial charge on any atom is 0.251 e. The Balaban J connectivity index is 1.25. The Morgan fingerprint density at radius 3 is 2.23 bits per heavy atom. The first kappa shape index (κ1) is 28.6. The summed E-state index contributed by atoms with van der Waals surface area (Å²) in [6.45, 7) is 8.49. The second-order valence-corrected chi connectivity index (χ2v) is 12.6. The Morgan fingerprint density at radius 2 is 1.57 bits per heavy atom. The minimum atomic E-state index is -0.723. The van der Waals surface area contributed by atoms with E-state index in [4.69, 9.17) is 0 Å². The van der Waals surface area contributed by atoms with Gasteiger partial charge in [0, 0.05) is 49.9 Å². The number of nitrogens with one attached hydrogen (secondary N) is 1. The molecule has 218 valence electrons. The van der Waals surface area contributed by atoms with Crippen LogP contribution in [-0.2, 0) is 14.4 Å². The van der Waals surface area contributed by atoms with Crippen LogP contribution in [0.2, 0.25) is 0 Å². The summed E-state index contributed by atoms with van der Waals surface area (Å²) in [5, 5.41) is 2.98. The minimum absolute atomic E-state index is 0.000620. The van der Waals surface area contributed by atoms with Crippen LogP contribution in [0.3, 0.4) is 0 Å². The summed E-state index contributed by atoms with van der Waals surface area (Å²) >= 11 is 0. The number of anilines is 1. The van der Waals surface area contributed by atoms with E-state index in [1.807, 2.05) is 38.1 Å². The topological polar surface area (TPSA) is 93.3 Å². The van der Waals surface area contributed by atoms with Gasteiger partial charge in [-0.1, -0.05) is 33.1 Å². The summed E-state index contributed by atoms with van der Waals surface area (Å²) in [5.74, 6) is -0.303. The van der Waals surface area contributed by atoms with Crippen molar-refractivity contribution in [2.45, 2.75) is 76.9 Å². The fourth-order valence-corrected chi connectivity index (χ4v) is 6.96. The molecule has 0 aromatic heterocycles. The summed E-state index contributed by atoms with van der Waals surface area (Å²) in [5.41, 5.74) is 1.61. The van der Waals surface area contributed by atoms with Gasteiger partial charge in [0.05, 0.1) is 12.6 Å². The third kappa shape index (κ3) is 6.04. The molecule has 3 unspecified atom stereocenters. The third-order valence-corrected chi connectivity index (χ3v) is 9.25. The van der Waals surface area contributed by atoms with Gasteiger partial charge in [0.2, 0.25) is 11.8 Å². The first-order valence-electron chi connectivity index (χ1n) is 15.2. The summed E-state index contributed by atoms with van der Waals surface area (Å²) in [4.78, 5) is 61.6. The highest BCUT2D eigenvalue weighted by atomic mass is 16.2. The zero-order valence-electron chi connectivity index (χ0n) is 24.3. The summed E-state index contributed by atoms with van der Waals surface area (Å²) in [6.07, 6.45) is 6.16. The van der Waals surface area contributed by atoms with Crippen molar-refractivity contribution in [2.75, 3.05) is 51.2 Å². The number of amides is 3. The predicted octanol–water partition coefficient (Wildman–Crippen LogP) is 2.54. The maximum absolute atomic E-state index is 13.8. The maximum atomic E-state index is 13.8. The largest absolute Gasteiger partial charge is 0.369 e. The molecule has 1 aromatic carbocycles. The van der Waals surface area contributed by atoms with Crippen molar-refractivity contribution in [2.24, 2.45) is 11.8 Å². The lowest BCUT2D eigenvalue weighted by Gasteiger charge is -2.34. The molecular weight excluding hydrogens is 506 g/mol. The van der Waals surface area contributed by atoms with E-state index in [1.54, 1.807) is 9.80 Å². The molecule has 3 amide bonds. The van der Waals surface area contributed by atoms with Crippen LogP contribution < -0.4 is 10.2 Å². The molecule has 0 spiro atoms. The van der Waals surface area contributed by atoms with Crippen LogP contribution in [0.1, 0.15) is 69.2 Å². The van der Waals surface area contributed by atoms with Gasteiger partial charge in [-0.25, -0.2) is 0 Å². The highest BCUT2D eigenvalue weighted by molar-refractivity contribution is 6.01. The fourth-order valence-electron chi connectivity index (χ4n) is 6.96. The standard InChI is InChI=1S/C31H45N5O4/c1-21(2)19-25(32-29(38)22-9-11-24(12-10-22)34-17-15-33(3)16-18-34)31(40)35-14-13-26-28(35)27(37)20-36(26)30(39)23-7-5-4-6-8-23/h9-12,21,23,25-26,28H,4-8,13-20H2,1-3H3,(H,32,38). The van der Waals surface area contributed by atoms with Crippen LogP contribution in [0.15, 0.2) is 24.3 Å². The minimum Gasteiger partial charge on any atom is -0.369 e. The number of hydrogen-bond donors (Lipinski definition) is 1. The molecule has 1 N–H and O–H groups in total. The van der Waals surface area contributed by atoms with Crippen LogP contribution in [0, 0.1) is 11.8 Å². The van der Waals surface area contributed by atoms with Gasteiger partial charge in [0.1, 0.15) is 12.1 Å². The molecule has 0 bridgehead atoms. The van der Waals surface area contributed by atoms with Gasteiger partial charge in [-0.15, -0.1) is 0 Å². The summed E-state index contributed by atoms with van der Waals surface area (Å²) in [6, 6.07) is 6.01. The molecule has 1 saturated carbocycles. The first-order chi connectivity index (χ1) is 19.2. The molecule has 1 aromatic rings. The molecule has 4 aliphatic rings. The molecule has 3 aliphatic heterocycles. The van der Waals surface area contributed by atoms with Crippen LogP contribution in [0.5, 0.6) is 0 Å². The zero-order valence-corrected chi connectivity index (χ0v) is 24.3. The number of piperazine rings is 1. The molecular formula is C31H45N5O4. The Bertz CT molecular complexity index is 1090. The molecule has 0 radical (unpaired) electrons. The number of likely N-dealkylation sites (N-methyl/N-ethyl adjacent to an activating group) is 1. The van der Waals surface area contributed by atoms with E-state index in [1.165, 1.54) is 6.42 Å². The molecule has 9 heteroatoms. The number of benzene rings is 1.